The summed E-state index contributed by atoms with van der Waals surface area (Å²) in [6.07, 6.45) is 1.43. The van der Waals surface area contributed by atoms with E-state index in [1.807, 2.05) is 36.4 Å². The monoisotopic (exact) mass is 433 g/mol. The first-order valence-corrected chi connectivity index (χ1v) is 9.48. The summed E-state index contributed by atoms with van der Waals surface area (Å²) in [7, 11) is 0. The van der Waals surface area contributed by atoms with Crippen molar-refractivity contribution in [3.05, 3.63) is 105 Å². The second-order valence-corrected chi connectivity index (χ2v) is 6.80. The maximum atomic E-state index is 12.4. The van der Waals surface area contributed by atoms with Crippen LogP contribution < -0.4 is 10.1 Å². The van der Waals surface area contributed by atoms with E-state index in [0.717, 1.165) is 11.6 Å². The number of nitro groups is 1. The van der Waals surface area contributed by atoms with E-state index in [0.29, 0.717) is 17.9 Å². The van der Waals surface area contributed by atoms with Gasteiger partial charge in [0.05, 0.1) is 15.6 Å². The van der Waals surface area contributed by atoms with Crippen molar-refractivity contribution in [2.75, 3.05) is 5.32 Å². The molecular weight excluding hydrogens is 418 g/mol. The van der Waals surface area contributed by atoms with Gasteiger partial charge in [0.15, 0.2) is 0 Å². The molecule has 1 amide bonds. The van der Waals surface area contributed by atoms with Gasteiger partial charge in [0.2, 0.25) is 0 Å². The molecule has 0 radical (unpaired) electrons. The van der Waals surface area contributed by atoms with E-state index in [2.05, 4.69) is 5.32 Å². The second-order valence-electron chi connectivity index (χ2n) is 6.39. The molecular formula is C23H16ClN3O4. The van der Waals surface area contributed by atoms with Gasteiger partial charge in [-0.25, -0.2) is 0 Å². The highest BCUT2D eigenvalue weighted by Gasteiger charge is 2.14. The number of carbonyl (C=O) groups excluding carboxylic acids is 1. The number of non-ortho nitro benzene ring substituents is 1. The lowest BCUT2D eigenvalue weighted by Gasteiger charge is -2.07. The fraction of sp³-hybridized carbons (Fsp3) is 0.0435. The molecule has 0 fully saturated rings. The maximum absolute atomic E-state index is 12.4. The van der Waals surface area contributed by atoms with Crippen LogP contribution in [0.25, 0.3) is 6.08 Å². The summed E-state index contributed by atoms with van der Waals surface area (Å²) in [4.78, 5) is 22.6. The third kappa shape index (κ3) is 5.92. The van der Waals surface area contributed by atoms with Gasteiger partial charge in [-0.1, -0.05) is 54.1 Å². The molecule has 0 saturated heterocycles. The van der Waals surface area contributed by atoms with Crippen LogP contribution >= 0.6 is 11.6 Å². The van der Waals surface area contributed by atoms with Crippen molar-refractivity contribution in [1.29, 1.82) is 5.26 Å². The van der Waals surface area contributed by atoms with Gasteiger partial charge < -0.3 is 10.1 Å². The maximum Gasteiger partial charge on any atom is 0.271 e. The molecule has 154 valence electrons. The average molecular weight is 434 g/mol. The predicted octanol–water partition coefficient (Wildman–Crippen LogP) is 5.37. The van der Waals surface area contributed by atoms with Gasteiger partial charge in [-0.15, -0.1) is 0 Å². The molecule has 0 spiro atoms. The van der Waals surface area contributed by atoms with E-state index in [9.17, 15) is 20.2 Å². The number of nitrogens with one attached hydrogen (secondary N) is 1. The Morgan fingerprint density at radius 2 is 1.84 bits per heavy atom. The zero-order valence-corrected chi connectivity index (χ0v) is 16.9. The molecule has 0 bridgehead atoms. The molecule has 8 heteroatoms. The van der Waals surface area contributed by atoms with Crippen molar-refractivity contribution < 1.29 is 14.5 Å². The number of ether oxygens (including phenoxy) is 1. The summed E-state index contributed by atoms with van der Waals surface area (Å²) in [5.41, 5.74) is 1.50. The quantitative estimate of drug-likeness (QED) is 0.233. The van der Waals surface area contributed by atoms with Crippen LogP contribution in [-0.4, -0.2) is 10.8 Å². The lowest BCUT2D eigenvalue weighted by atomic mass is 10.1. The molecule has 1 N–H and O–H groups in total. The predicted molar refractivity (Wildman–Crippen MR) is 118 cm³/mol. The summed E-state index contributed by atoms with van der Waals surface area (Å²) < 4.78 is 5.72. The molecule has 0 aliphatic carbocycles. The van der Waals surface area contributed by atoms with Crippen LogP contribution in [0.4, 0.5) is 11.4 Å². The van der Waals surface area contributed by atoms with Gasteiger partial charge in [-0.05, 0) is 35.4 Å². The Kier molecular flexibility index (Phi) is 6.99. The molecule has 0 heterocycles. The third-order valence-corrected chi connectivity index (χ3v) is 4.53. The van der Waals surface area contributed by atoms with E-state index in [-0.39, 0.29) is 22.0 Å². The summed E-state index contributed by atoms with van der Waals surface area (Å²) >= 11 is 5.98. The number of anilines is 1. The van der Waals surface area contributed by atoms with Gasteiger partial charge in [0.1, 0.15) is 24.0 Å². The fourth-order valence-corrected chi connectivity index (χ4v) is 2.85. The number of nitrogens with zero attached hydrogens (tertiary/aromatic N) is 2. The van der Waals surface area contributed by atoms with Crippen LogP contribution in [0.2, 0.25) is 5.02 Å². The highest BCUT2D eigenvalue weighted by Crippen LogP contribution is 2.27. The van der Waals surface area contributed by atoms with Crippen LogP contribution in [0.3, 0.4) is 0 Å². The third-order valence-electron chi connectivity index (χ3n) is 4.22. The molecule has 0 aliphatic rings. The number of nitro benzene ring substituents is 1. The summed E-state index contributed by atoms with van der Waals surface area (Å²) in [5, 5.41) is 22.6. The van der Waals surface area contributed by atoms with E-state index in [4.69, 9.17) is 16.3 Å². The number of halogens is 1. The first kappa shape index (κ1) is 21.6. The topological polar surface area (TPSA) is 105 Å². The smallest absolute Gasteiger partial charge is 0.271 e. The summed E-state index contributed by atoms with van der Waals surface area (Å²) in [6.45, 7) is 0.428. The minimum atomic E-state index is -0.678. The van der Waals surface area contributed by atoms with Crippen molar-refractivity contribution in [3.63, 3.8) is 0 Å². The Morgan fingerprint density at radius 1 is 1.13 bits per heavy atom. The minimum Gasteiger partial charge on any atom is -0.489 e. The Balaban J connectivity index is 1.67. The van der Waals surface area contributed by atoms with Crippen LogP contribution in [0, 0.1) is 21.4 Å². The first-order valence-electron chi connectivity index (χ1n) is 9.10. The Hall–Kier alpha value is -4.15. The summed E-state index contributed by atoms with van der Waals surface area (Å²) in [5.74, 6) is -0.0238. The largest absolute Gasteiger partial charge is 0.489 e. The van der Waals surface area contributed by atoms with Crippen LogP contribution in [0.15, 0.2) is 78.4 Å². The second kappa shape index (κ2) is 10.1. The van der Waals surface area contributed by atoms with Gasteiger partial charge in [0, 0.05) is 12.1 Å². The van der Waals surface area contributed by atoms with Crippen molar-refractivity contribution in [2.24, 2.45) is 0 Å². The Labute approximate surface area is 183 Å². The average Bonchev–Trinajstić information content (AvgIpc) is 2.78. The van der Waals surface area contributed by atoms with Gasteiger partial charge in [0.25, 0.3) is 11.6 Å². The van der Waals surface area contributed by atoms with E-state index in [1.165, 1.54) is 18.2 Å². The van der Waals surface area contributed by atoms with Crippen LogP contribution in [0.5, 0.6) is 5.75 Å². The normalized spacial score (nSPS) is 10.8. The fourth-order valence-electron chi connectivity index (χ4n) is 2.63. The number of hydrogen-bond acceptors (Lipinski definition) is 5. The van der Waals surface area contributed by atoms with E-state index in [1.54, 1.807) is 24.3 Å². The zero-order valence-electron chi connectivity index (χ0n) is 16.1. The van der Waals surface area contributed by atoms with Crippen molar-refractivity contribution in [2.45, 2.75) is 6.61 Å². The highest BCUT2D eigenvalue weighted by molar-refractivity contribution is 6.34. The molecule has 0 aliphatic heterocycles. The van der Waals surface area contributed by atoms with Gasteiger partial charge in [-0.2, -0.15) is 5.26 Å². The van der Waals surface area contributed by atoms with Gasteiger partial charge in [-0.3, -0.25) is 14.9 Å². The van der Waals surface area contributed by atoms with Crippen LogP contribution in [-0.2, 0) is 11.4 Å². The lowest BCUT2D eigenvalue weighted by Crippen LogP contribution is -2.13. The Morgan fingerprint density at radius 3 is 2.45 bits per heavy atom. The van der Waals surface area contributed by atoms with E-state index < -0.39 is 10.8 Å². The molecule has 3 rings (SSSR count). The number of carbonyl (C=O) groups is 1. The van der Waals surface area contributed by atoms with E-state index >= 15 is 0 Å². The van der Waals surface area contributed by atoms with Gasteiger partial charge >= 0.3 is 0 Å². The molecule has 7 nitrogen and oxygen atoms in total. The standard InChI is InChI=1S/C23H16ClN3O4/c24-21-13-19(27(29)30)8-11-22(21)26-23(28)18(14-25)12-16-6-9-20(10-7-16)31-15-17-4-2-1-3-5-17/h1-13H,15H2,(H,26,28). The summed E-state index contributed by atoms with van der Waals surface area (Å²) in [6, 6.07) is 22.2. The molecule has 0 saturated carbocycles. The lowest BCUT2D eigenvalue weighted by molar-refractivity contribution is -0.384. The number of nitriles is 1. The van der Waals surface area contributed by atoms with Crippen molar-refractivity contribution in [3.8, 4) is 11.8 Å². The number of amides is 1. The number of rotatable bonds is 7. The highest BCUT2D eigenvalue weighted by atomic mass is 35.5. The molecule has 0 unspecified atom stereocenters. The molecule has 3 aromatic carbocycles. The first-order chi connectivity index (χ1) is 15.0. The molecule has 3 aromatic rings. The SMILES string of the molecule is N#CC(=Cc1ccc(OCc2ccccc2)cc1)C(=O)Nc1ccc([N+](=O)[O-])cc1Cl. The Bertz CT molecular complexity index is 1170. The number of benzene rings is 3. The molecule has 31 heavy (non-hydrogen) atoms. The van der Waals surface area contributed by atoms with Crippen LogP contribution in [0.1, 0.15) is 11.1 Å². The molecule has 0 aromatic heterocycles. The molecule has 0 atom stereocenters. The van der Waals surface area contributed by atoms with Crippen molar-refractivity contribution in [1.82, 2.24) is 0 Å². The van der Waals surface area contributed by atoms with Crippen molar-refractivity contribution >= 4 is 35.0 Å². The number of hydrogen-bond donors (Lipinski definition) is 1. The minimum absolute atomic E-state index is 0.000224. The zero-order chi connectivity index (χ0) is 22.2.